The fourth-order valence-electron chi connectivity index (χ4n) is 3.01. The summed E-state index contributed by atoms with van der Waals surface area (Å²) in [5.74, 6) is 1.55. The van der Waals surface area contributed by atoms with Gasteiger partial charge in [-0.05, 0) is 49.1 Å². The second-order valence-corrected chi connectivity index (χ2v) is 5.78. The Morgan fingerprint density at radius 1 is 1.29 bits per heavy atom. The number of benzene rings is 1. The summed E-state index contributed by atoms with van der Waals surface area (Å²) in [6, 6.07) is 10.9. The third-order valence-corrected chi connectivity index (χ3v) is 4.17. The second kappa shape index (κ2) is 6.81. The highest BCUT2D eigenvalue weighted by Gasteiger charge is 2.27. The summed E-state index contributed by atoms with van der Waals surface area (Å²) in [5.41, 5.74) is 2.58. The van der Waals surface area contributed by atoms with Gasteiger partial charge >= 0.3 is 0 Å². The van der Waals surface area contributed by atoms with Crippen LogP contribution in [0.3, 0.4) is 0 Å². The summed E-state index contributed by atoms with van der Waals surface area (Å²) < 4.78 is 11.2. The molecule has 112 valence electrons. The highest BCUT2D eigenvalue weighted by Crippen LogP contribution is 2.29. The molecule has 2 heterocycles. The third-order valence-electron chi connectivity index (χ3n) is 4.17. The van der Waals surface area contributed by atoms with Gasteiger partial charge < -0.3 is 14.5 Å². The molecule has 3 nitrogen and oxygen atoms in total. The van der Waals surface area contributed by atoms with E-state index in [0.717, 1.165) is 38.2 Å². The lowest BCUT2D eigenvalue weighted by molar-refractivity contribution is 0.183. The zero-order valence-corrected chi connectivity index (χ0v) is 12.5. The minimum atomic E-state index is 0.427. The van der Waals surface area contributed by atoms with Crippen LogP contribution in [0.15, 0.2) is 47.3 Å². The molecular formula is C18H23NO2. The van der Waals surface area contributed by atoms with E-state index >= 15 is 0 Å². The molecule has 0 aliphatic carbocycles. The molecular weight excluding hydrogens is 262 g/mol. The number of fused-ring (bicyclic) bond motifs is 1. The van der Waals surface area contributed by atoms with Crippen molar-refractivity contribution in [1.82, 2.24) is 5.32 Å². The van der Waals surface area contributed by atoms with Crippen LogP contribution in [0.4, 0.5) is 0 Å². The molecule has 3 rings (SSSR count). The van der Waals surface area contributed by atoms with Gasteiger partial charge in [-0.25, -0.2) is 0 Å². The number of hydrogen-bond acceptors (Lipinski definition) is 3. The standard InChI is InChI=1S/C18H23NO2/c1-2-8-19-17(10-14-7-9-20-12-14)16-11-15-5-3-4-6-18(15)21-13-16/h3-7,9,12,16-17,19H,2,8,10-11,13H2,1H3. The molecule has 0 saturated heterocycles. The summed E-state index contributed by atoms with van der Waals surface area (Å²) >= 11 is 0. The number of para-hydroxylation sites is 1. The minimum absolute atomic E-state index is 0.427. The molecule has 3 heteroatoms. The van der Waals surface area contributed by atoms with Gasteiger partial charge in [0.25, 0.3) is 0 Å². The van der Waals surface area contributed by atoms with Crippen LogP contribution in [-0.4, -0.2) is 19.2 Å². The fraction of sp³-hybridized carbons (Fsp3) is 0.444. The van der Waals surface area contributed by atoms with Crippen LogP contribution < -0.4 is 10.1 Å². The van der Waals surface area contributed by atoms with Crippen molar-refractivity contribution < 1.29 is 9.15 Å². The predicted molar refractivity (Wildman–Crippen MR) is 83.6 cm³/mol. The maximum absolute atomic E-state index is 5.95. The van der Waals surface area contributed by atoms with Crippen molar-refractivity contribution in [1.29, 1.82) is 0 Å². The van der Waals surface area contributed by atoms with Gasteiger partial charge in [0, 0.05) is 12.0 Å². The molecule has 0 spiro atoms. The van der Waals surface area contributed by atoms with Gasteiger partial charge in [0.05, 0.1) is 19.1 Å². The maximum atomic E-state index is 5.95. The van der Waals surface area contributed by atoms with E-state index in [1.165, 1.54) is 11.1 Å². The topological polar surface area (TPSA) is 34.4 Å². The molecule has 1 aromatic carbocycles. The predicted octanol–water partition coefficient (Wildman–Crippen LogP) is 3.44. The van der Waals surface area contributed by atoms with Gasteiger partial charge in [-0.1, -0.05) is 25.1 Å². The first kappa shape index (κ1) is 14.2. The van der Waals surface area contributed by atoms with E-state index in [1.807, 2.05) is 12.3 Å². The van der Waals surface area contributed by atoms with Crippen molar-refractivity contribution >= 4 is 0 Å². The summed E-state index contributed by atoms with van der Waals surface area (Å²) in [6.07, 6.45) is 6.81. The number of ether oxygens (including phenoxy) is 1. The quantitative estimate of drug-likeness (QED) is 0.883. The number of rotatable bonds is 6. The molecule has 0 amide bonds. The van der Waals surface area contributed by atoms with Crippen molar-refractivity contribution in [3.8, 4) is 5.75 Å². The van der Waals surface area contributed by atoms with E-state index in [0.29, 0.717) is 12.0 Å². The zero-order chi connectivity index (χ0) is 14.5. The average molecular weight is 285 g/mol. The molecule has 21 heavy (non-hydrogen) atoms. The third kappa shape index (κ3) is 3.48. The Labute approximate surface area is 126 Å². The number of nitrogens with one attached hydrogen (secondary N) is 1. The van der Waals surface area contributed by atoms with Crippen molar-refractivity contribution in [2.45, 2.75) is 32.2 Å². The zero-order valence-electron chi connectivity index (χ0n) is 12.5. The molecule has 2 unspecified atom stereocenters. The largest absolute Gasteiger partial charge is 0.493 e. The summed E-state index contributed by atoms with van der Waals surface area (Å²) in [7, 11) is 0. The summed E-state index contributed by atoms with van der Waals surface area (Å²) in [4.78, 5) is 0. The molecule has 0 saturated carbocycles. The second-order valence-electron chi connectivity index (χ2n) is 5.78. The smallest absolute Gasteiger partial charge is 0.122 e. The molecule has 1 aliphatic heterocycles. The fourth-order valence-corrected chi connectivity index (χ4v) is 3.01. The highest BCUT2D eigenvalue weighted by molar-refractivity contribution is 5.35. The van der Waals surface area contributed by atoms with Gasteiger partial charge in [-0.3, -0.25) is 0 Å². The van der Waals surface area contributed by atoms with E-state index in [1.54, 1.807) is 6.26 Å². The molecule has 1 aliphatic rings. The minimum Gasteiger partial charge on any atom is -0.493 e. The van der Waals surface area contributed by atoms with Crippen molar-refractivity contribution in [3.63, 3.8) is 0 Å². The number of furan rings is 1. The van der Waals surface area contributed by atoms with Gasteiger partial charge in [0.1, 0.15) is 5.75 Å². The first-order valence-corrected chi connectivity index (χ1v) is 7.82. The Bertz CT molecular complexity index is 550. The van der Waals surface area contributed by atoms with E-state index in [-0.39, 0.29) is 0 Å². The van der Waals surface area contributed by atoms with Gasteiger partial charge in [-0.15, -0.1) is 0 Å². The SMILES string of the molecule is CCCNC(Cc1ccoc1)C1COc2ccccc2C1. The first-order valence-electron chi connectivity index (χ1n) is 7.82. The Balaban J connectivity index is 1.71. The Morgan fingerprint density at radius 2 is 2.19 bits per heavy atom. The maximum Gasteiger partial charge on any atom is 0.122 e. The van der Waals surface area contributed by atoms with Crippen LogP contribution in [0, 0.1) is 5.92 Å². The van der Waals surface area contributed by atoms with Gasteiger partial charge in [0.15, 0.2) is 0 Å². The first-order chi connectivity index (χ1) is 10.4. The number of hydrogen-bond donors (Lipinski definition) is 1. The van der Waals surface area contributed by atoms with E-state index in [2.05, 4.69) is 36.5 Å². The summed E-state index contributed by atoms with van der Waals surface area (Å²) in [6.45, 7) is 4.03. The Morgan fingerprint density at radius 3 is 3.00 bits per heavy atom. The van der Waals surface area contributed by atoms with E-state index in [9.17, 15) is 0 Å². The van der Waals surface area contributed by atoms with Crippen molar-refractivity contribution in [3.05, 3.63) is 54.0 Å². The molecule has 1 N–H and O–H groups in total. The lowest BCUT2D eigenvalue weighted by Crippen LogP contribution is -2.43. The van der Waals surface area contributed by atoms with Gasteiger partial charge in [-0.2, -0.15) is 0 Å². The van der Waals surface area contributed by atoms with E-state index in [4.69, 9.17) is 9.15 Å². The molecule has 0 radical (unpaired) electrons. The Kier molecular flexibility index (Phi) is 4.61. The van der Waals surface area contributed by atoms with Crippen LogP contribution in [0.5, 0.6) is 5.75 Å². The van der Waals surface area contributed by atoms with Crippen molar-refractivity contribution in [2.75, 3.05) is 13.2 Å². The van der Waals surface area contributed by atoms with Gasteiger partial charge in [0.2, 0.25) is 0 Å². The lowest BCUT2D eigenvalue weighted by atomic mass is 9.87. The monoisotopic (exact) mass is 285 g/mol. The van der Waals surface area contributed by atoms with E-state index < -0.39 is 0 Å². The molecule has 2 aromatic rings. The average Bonchev–Trinajstić information content (AvgIpc) is 3.04. The van der Waals surface area contributed by atoms with Crippen LogP contribution in [0.2, 0.25) is 0 Å². The van der Waals surface area contributed by atoms with Crippen LogP contribution in [0.25, 0.3) is 0 Å². The molecule has 0 fully saturated rings. The lowest BCUT2D eigenvalue weighted by Gasteiger charge is -2.32. The van der Waals surface area contributed by atoms with Crippen LogP contribution >= 0.6 is 0 Å². The molecule has 1 aromatic heterocycles. The Hall–Kier alpha value is -1.74. The normalized spacial score (nSPS) is 18.8. The summed E-state index contributed by atoms with van der Waals surface area (Å²) in [5, 5.41) is 3.69. The molecule has 2 atom stereocenters. The van der Waals surface area contributed by atoms with Crippen LogP contribution in [-0.2, 0) is 12.8 Å². The van der Waals surface area contributed by atoms with Crippen LogP contribution in [0.1, 0.15) is 24.5 Å². The van der Waals surface area contributed by atoms with Crippen molar-refractivity contribution in [2.24, 2.45) is 5.92 Å². The molecule has 0 bridgehead atoms. The highest BCUT2D eigenvalue weighted by atomic mass is 16.5.